The molecule has 0 radical (unpaired) electrons. The molecule has 0 saturated heterocycles. The van der Waals surface area contributed by atoms with Gasteiger partial charge in [-0.1, -0.05) is 39.7 Å². The molecule has 0 spiro atoms. The number of hydrogen-bond acceptors (Lipinski definition) is 3. The lowest BCUT2D eigenvalue weighted by molar-refractivity contribution is -0.112. The molecule has 2 N–H and O–H groups in total. The number of amides is 1. The van der Waals surface area contributed by atoms with Crippen molar-refractivity contribution in [2.75, 3.05) is 11.9 Å². The molecule has 0 fully saturated rings. The largest absolute Gasteiger partial charge is 0.389 e. The molecular weight excluding hydrogens is 390 g/mol. The molecule has 0 bridgehead atoms. The maximum absolute atomic E-state index is 12.1. The number of hydrogen-bond donors (Lipinski definition) is 2. The Labute approximate surface area is 154 Å². The summed E-state index contributed by atoms with van der Waals surface area (Å²) in [6.45, 7) is 0.621. The molecule has 0 unspecified atom stereocenters. The Morgan fingerprint density at radius 1 is 1.25 bits per heavy atom. The highest BCUT2D eigenvalue weighted by atomic mass is 79.9. The summed E-state index contributed by atoms with van der Waals surface area (Å²) in [5.74, 6) is -0.463. The maximum atomic E-state index is 12.1. The molecule has 0 aromatic heterocycles. The Bertz CT molecular complexity index is 782. The second-order valence-corrected chi connectivity index (χ2v) is 6.32. The predicted octanol–water partition coefficient (Wildman–Crippen LogP) is 4.28. The SMILES string of the molecule is N#C/C(=C/NCCc1cccc(Br)c1)C(=O)Nc1ccc(Cl)cc1. The quantitative estimate of drug-likeness (QED) is 0.429. The van der Waals surface area contributed by atoms with E-state index in [1.807, 2.05) is 30.3 Å². The average molecular weight is 405 g/mol. The number of rotatable bonds is 6. The van der Waals surface area contributed by atoms with Gasteiger partial charge < -0.3 is 10.6 Å². The molecule has 6 heteroatoms. The molecule has 0 heterocycles. The number of nitriles is 1. The number of nitrogens with zero attached hydrogens (tertiary/aromatic N) is 1. The zero-order valence-corrected chi connectivity index (χ0v) is 15.1. The molecule has 0 atom stereocenters. The maximum Gasteiger partial charge on any atom is 0.267 e. The van der Waals surface area contributed by atoms with Crippen LogP contribution >= 0.6 is 27.5 Å². The van der Waals surface area contributed by atoms with Gasteiger partial charge in [0.25, 0.3) is 5.91 Å². The van der Waals surface area contributed by atoms with Crippen LogP contribution in [0, 0.1) is 11.3 Å². The van der Waals surface area contributed by atoms with Crippen LogP contribution in [0.5, 0.6) is 0 Å². The Morgan fingerprint density at radius 3 is 2.67 bits per heavy atom. The molecule has 2 aromatic carbocycles. The van der Waals surface area contributed by atoms with Crippen LogP contribution in [0.15, 0.2) is 64.8 Å². The van der Waals surface area contributed by atoms with Crippen LogP contribution in [0.25, 0.3) is 0 Å². The fourth-order valence-corrected chi connectivity index (χ4v) is 2.54. The number of carbonyl (C=O) groups is 1. The number of carbonyl (C=O) groups excluding carboxylic acids is 1. The molecule has 122 valence electrons. The molecule has 2 rings (SSSR count). The Morgan fingerprint density at radius 2 is 2.00 bits per heavy atom. The predicted molar refractivity (Wildman–Crippen MR) is 99.6 cm³/mol. The number of nitrogens with one attached hydrogen (secondary N) is 2. The van der Waals surface area contributed by atoms with Crippen molar-refractivity contribution in [1.82, 2.24) is 5.32 Å². The van der Waals surface area contributed by atoms with Gasteiger partial charge in [0.05, 0.1) is 0 Å². The third-order valence-corrected chi connectivity index (χ3v) is 3.91. The van der Waals surface area contributed by atoms with E-state index in [1.165, 1.54) is 6.20 Å². The van der Waals surface area contributed by atoms with Gasteiger partial charge in [-0.15, -0.1) is 0 Å². The summed E-state index contributed by atoms with van der Waals surface area (Å²) in [4.78, 5) is 12.1. The van der Waals surface area contributed by atoms with E-state index in [1.54, 1.807) is 24.3 Å². The van der Waals surface area contributed by atoms with Crippen molar-refractivity contribution < 1.29 is 4.79 Å². The lowest BCUT2D eigenvalue weighted by Gasteiger charge is -2.06. The van der Waals surface area contributed by atoms with E-state index in [0.29, 0.717) is 17.3 Å². The minimum absolute atomic E-state index is 0.0131. The van der Waals surface area contributed by atoms with E-state index in [4.69, 9.17) is 16.9 Å². The van der Waals surface area contributed by atoms with Gasteiger partial charge in [0.2, 0.25) is 0 Å². The van der Waals surface area contributed by atoms with E-state index < -0.39 is 5.91 Å². The van der Waals surface area contributed by atoms with Gasteiger partial charge in [-0.2, -0.15) is 5.26 Å². The minimum atomic E-state index is -0.463. The van der Waals surface area contributed by atoms with Gasteiger partial charge in [-0.3, -0.25) is 4.79 Å². The second-order valence-electron chi connectivity index (χ2n) is 4.96. The summed E-state index contributed by atoms with van der Waals surface area (Å²) < 4.78 is 1.02. The van der Waals surface area contributed by atoms with Crippen molar-refractivity contribution in [3.63, 3.8) is 0 Å². The van der Waals surface area contributed by atoms with Crippen LogP contribution in [0.2, 0.25) is 5.02 Å². The summed E-state index contributed by atoms with van der Waals surface area (Å²) in [5, 5.41) is 15.4. The van der Waals surface area contributed by atoms with Gasteiger partial charge in [0, 0.05) is 27.9 Å². The summed E-state index contributed by atoms with van der Waals surface area (Å²) in [6.07, 6.45) is 2.22. The number of halogens is 2. The monoisotopic (exact) mass is 403 g/mol. The molecule has 0 aliphatic carbocycles. The smallest absolute Gasteiger partial charge is 0.267 e. The fourth-order valence-electron chi connectivity index (χ4n) is 1.96. The van der Waals surface area contributed by atoms with Gasteiger partial charge >= 0.3 is 0 Å². The third kappa shape index (κ3) is 5.73. The topological polar surface area (TPSA) is 64.9 Å². The molecule has 4 nitrogen and oxygen atoms in total. The highest BCUT2D eigenvalue weighted by Crippen LogP contribution is 2.14. The number of anilines is 1. The van der Waals surface area contributed by atoms with Crippen LogP contribution in [0.4, 0.5) is 5.69 Å². The van der Waals surface area contributed by atoms with Gasteiger partial charge in [-0.05, 0) is 48.4 Å². The normalized spacial score (nSPS) is 10.8. The Kier molecular flexibility index (Phi) is 6.86. The first kappa shape index (κ1) is 18.1. The van der Waals surface area contributed by atoms with E-state index in [9.17, 15) is 4.79 Å². The molecule has 0 aliphatic rings. The first-order valence-corrected chi connectivity index (χ1v) is 8.40. The zero-order valence-electron chi connectivity index (χ0n) is 12.7. The van der Waals surface area contributed by atoms with Crippen molar-refractivity contribution in [2.45, 2.75) is 6.42 Å². The summed E-state index contributed by atoms with van der Waals surface area (Å²) in [6, 6.07) is 16.6. The van der Waals surface area contributed by atoms with Crippen molar-refractivity contribution in [3.8, 4) is 6.07 Å². The standard InChI is InChI=1S/C18H15BrClN3O/c19-15-3-1-2-13(10-15)8-9-22-12-14(11-21)18(24)23-17-6-4-16(20)5-7-17/h1-7,10,12,22H,8-9H2,(H,23,24)/b14-12-. The summed E-state index contributed by atoms with van der Waals surface area (Å²) in [7, 11) is 0. The highest BCUT2D eigenvalue weighted by Gasteiger charge is 2.08. The third-order valence-electron chi connectivity index (χ3n) is 3.16. The summed E-state index contributed by atoms with van der Waals surface area (Å²) >= 11 is 9.22. The molecule has 1 amide bonds. The summed E-state index contributed by atoms with van der Waals surface area (Å²) in [5.41, 5.74) is 1.76. The van der Waals surface area contributed by atoms with Crippen molar-refractivity contribution >= 4 is 39.1 Å². The highest BCUT2D eigenvalue weighted by molar-refractivity contribution is 9.10. The van der Waals surface area contributed by atoms with Crippen LogP contribution in [0.1, 0.15) is 5.56 Å². The zero-order chi connectivity index (χ0) is 17.4. The molecule has 24 heavy (non-hydrogen) atoms. The van der Waals surface area contributed by atoms with E-state index in [2.05, 4.69) is 26.6 Å². The Balaban J connectivity index is 1.87. The lowest BCUT2D eigenvalue weighted by Crippen LogP contribution is -2.18. The van der Waals surface area contributed by atoms with Crippen molar-refractivity contribution in [2.24, 2.45) is 0 Å². The first-order chi connectivity index (χ1) is 11.6. The lowest BCUT2D eigenvalue weighted by atomic mass is 10.1. The van der Waals surface area contributed by atoms with E-state index in [-0.39, 0.29) is 5.57 Å². The number of benzene rings is 2. The molecule has 0 saturated carbocycles. The van der Waals surface area contributed by atoms with Gasteiger partial charge in [-0.25, -0.2) is 0 Å². The van der Waals surface area contributed by atoms with Crippen molar-refractivity contribution in [1.29, 1.82) is 5.26 Å². The van der Waals surface area contributed by atoms with Crippen LogP contribution in [-0.2, 0) is 11.2 Å². The fraction of sp³-hybridized carbons (Fsp3) is 0.111. The van der Waals surface area contributed by atoms with Crippen LogP contribution in [0.3, 0.4) is 0 Å². The molecular formula is C18H15BrClN3O. The van der Waals surface area contributed by atoms with Gasteiger partial charge in [0.1, 0.15) is 11.6 Å². The van der Waals surface area contributed by atoms with E-state index in [0.717, 1.165) is 16.5 Å². The Hall–Kier alpha value is -2.29. The molecule has 2 aromatic rings. The van der Waals surface area contributed by atoms with Crippen LogP contribution in [-0.4, -0.2) is 12.5 Å². The van der Waals surface area contributed by atoms with Gasteiger partial charge in [0.15, 0.2) is 0 Å². The van der Waals surface area contributed by atoms with Crippen molar-refractivity contribution in [3.05, 3.63) is 75.4 Å². The van der Waals surface area contributed by atoms with Crippen LogP contribution < -0.4 is 10.6 Å². The van der Waals surface area contributed by atoms with E-state index >= 15 is 0 Å². The average Bonchev–Trinajstić information content (AvgIpc) is 2.57. The molecule has 0 aliphatic heterocycles. The minimum Gasteiger partial charge on any atom is -0.389 e. The second kappa shape index (κ2) is 9.11. The first-order valence-electron chi connectivity index (χ1n) is 7.23.